The number of hydrogen-bond donors (Lipinski definition) is 0. The number of fused-ring (bicyclic) bond motifs is 1. The molecule has 3 aromatic rings. The van der Waals surface area contributed by atoms with Crippen LogP contribution in [0.1, 0.15) is 25.0 Å². The van der Waals surface area contributed by atoms with Crippen molar-refractivity contribution in [2.45, 2.75) is 31.9 Å². The molecule has 0 bridgehead atoms. The Labute approximate surface area is 176 Å². The lowest BCUT2D eigenvalue weighted by atomic mass is 10.1. The molecule has 1 aromatic heterocycles. The molecule has 5 rings (SSSR count). The van der Waals surface area contributed by atoms with E-state index in [2.05, 4.69) is 10.1 Å². The fourth-order valence-corrected chi connectivity index (χ4v) is 4.22. The third-order valence-electron chi connectivity index (χ3n) is 5.77. The van der Waals surface area contributed by atoms with E-state index in [1.807, 2.05) is 65.6 Å². The van der Waals surface area contributed by atoms with Gasteiger partial charge in [-0.25, -0.2) is 0 Å². The summed E-state index contributed by atoms with van der Waals surface area (Å²) >= 11 is 0. The number of ether oxygens (including phenoxy) is 1. The minimum Gasteiger partial charge on any atom is -0.477 e. The van der Waals surface area contributed by atoms with E-state index in [4.69, 9.17) is 9.26 Å². The summed E-state index contributed by atoms with van der Waals surface area (Å²) in [5, 5.41) is 4.27. The quantitative estimate of drug-likeness (QED) is 0.656. The smallest absolute Gasteiger partial charge is 0.265 e. The predicted octanol–water partition coefficient (Wildman–Crippen LogP) is 4.12. The highest BCUT2D eigenvalue weighted by atomic mass is 16.5. The fraction of sp³-hybridized carbons (Fsp3) is 0.333. The van der Waals surface area contributed by atoms with E-state index >= 15 is 0 Å². The number of rotatable bonds is 4. The molecule has 0 radical (unpaired) electrons. The Kier molecular flexibility index (Phi) is 5.13. The van der Waals surface area contributed by atoms with Crippen molar-refractivity contribution in [1.29, 1.82) is 0 Å². The largest absolute Gasteiger partial charge is 0.477 e. The maximum absolute atomic E-state index is 13.1. The Morgan fingerprint density at radius 2 is 1.77 bits per heavy atom. The predicted molar refractivity (Wildman–Crippen MR) is 114 cm³/mol. The summed E-state index contributed by atoms with van der Waals surface area (Å²) < 4.78 is 11.7. The Balaban J connectivity index is 1.37. The highest BCUT2D eigenvalue weighted by Gasteiger charge is 2.34. The number of carbonyl (C=O) groups excluding carboxylic acids is 1. The van der Waals surface area contributed by atoms with Crippen molar-refractivity contribution < 1.29 is 14.1 Å². The van der Waals surface area contributed by atoms with Crippen LogP contribution in [0.15, 0.2) is 65.2 Å². The minimum atomic E-state index is -0.501. The van der Waals surface area contributed by atoms with Crippen molar-refractivity contribution in [3.8, 4) is 17.1 Å². The van der Waals surface area contributed by atoms with Crippen LogP contribution in [0.4, 0.5) is 5.69 Å². The highest BCUT2D eigenvalue weighted by molar-refractivity contribution is 5.83. The molecule has 2 aromatic carbocycles. The Hall–Kier alpha value is -3.28. The van der Waals surface area contributed by atoms with Crippen molar-refractivity contribution >= 4 is 11.6 Å². The second-order valence-electron chi connectivity index (χ2n) is 7.89. The van der Waals surface area contributed by atoms with Gasteiger partial charge >= 0.3 is 0 Å². The van der Waals surface area contributed by atoms with Gasteiger partial charge in [0, 0.05) is 24.7 Å². The van der Waals surface area contributed by atoms with Crippen molar-refractivity contribution in [2.24, 2.45) is 0 Å². The number of carbonyl (C=O) groups is 1. The number of para-hydroxylation sites is 2. The molecular formula is C24H25N3O3. The molecule has 154 valence electrons. The standard InChI is InChI=1S/C24H25N3O3/c28-24(26-13-7-2-8-14-26)23-17-27(20-11-5-6-12-21(20)29-23)16-19-15-22(30-25-19)18-9-3-1-4-10-18/h1,3-6,9-12,15,23H,2,7-8,13-14,16-17H2/t23-/m0/s1. The summed E-state index contributed by atoms with van der Waals surface area (Å²) in [6, 6.07) is 19.8. The molecule has 1 amide bonds. The van der Waals surface area contributed by atoms with Crippen LogP contribution < -0.4 is 9.64 Å². The third kappa shape index (κ3) is 3.77. The van der Waals surface area contributed by atoms with Gasteiger partial charge in [-0.15, -0.1) is 0 Å². The number of hydrogen-bond acceptors (Lipinski definition) is 5. The van der Waals surface area contributed by atoms with E-state index in [1.54, 1.807) is 0 Å². The number of anilines is 1. The molecule has 1 atom stereocenters. The van der Waals surface area contributed by atoms with Crippen LogP contribution in [0, 0.1) is 0 Å². The molecule has 1 fully saturated rings. The lowest BCUT2D eigenvalue weighted by Crippen LogP contribution is -2.51. The van der Waals surface area contributed by atoms with Gasteiger partial charge in [-0.3, -0.25) is 4.79 Å². The Bertz CT molecular complexity index is 1010. The second-order valence-corrected chi connectivity index (χ2v) is 7.89. The second kappa shape index (κ2) is 8.22. The molecule has 30 heavy (non-hydrogen) atoms. The Morgan fingerprint density at radius 1 is 1.00 bits per heavy atom. The molecule has 0 unspecified atom stereocenters. The Morgan fingerprint density at radius 3 is 2.60 bits per heavy atom. The first kappa shape index (κ1) is 18.7. The zero-order valence-corrected chi connectivity index (χ0v) is 16.9. The summed E-state index contributed by atoms with van der Waals surface area (Å²) in [7, 11) is 0. The van der Waals surface area contributed by atoms with Gasteiger partial charge in [0.05, 0.1) is 18.8 Å². The molecule has 0 saturated carbocycles. The number of likely N-dealkylation sites (tertiary alicyclic amines) is 1. The zero-order chi connectivity index (χ0) is 20.3. The van der Waals surface area contributed by atoms with Crippen molar-refractivity contribution in [3.05, 3.63) is 66.4 Å². The molecular weight excluding hydrogens is 378 g/mol. The van der Waals surface area contributed by atoms with E-state index in [0.29, 0.717) is 13.1 Å². The van der Waals surface area contributed by atoms with Gasteiger partial charge in [-0.05, 0) is 31.4 Å². The van der Waals surface area contributed by atoms with Gasteiger partial charge in [-0.1, -0.05) is 47.6 Å². The SMILES string of the molecule is O=C([C@@H]1CN(Cc2cc(-c3ccccc3)on2)c2ccccc2O1)N1CCCCC1. The van der Waals surface area contributed by atoms with Gasteiger partial charge < -0.3 is 19.1 Å². The van der Waals surface area contributed by atoms with Gasteiger partial charge in [0.1, 0.15) is 11.4 Å². The van der Waals surface area contributed by atoms with Gasteiger partial charge in [0.15, 0.2) is 11.9 Å². The summed E-state index contributed by atoms with van der Waals surface area (Å²) in [5.74, 6) is 1.57. The van der Waals surface area contributed by atoms with E-state index < -0.39 is 6.10 Å². The molecule has 2 aliphatic heterocycles. The first-order valence-corrected chi connectivity index (χ1v) is 10.6. The first-order chi connectivity index (χ1) is 14.8. The number of amides is 1. The summed E-state index contributed by atoms with van der Waals surface area (Å²) in [6.45, 7) is 2.70. The lowest BCUT2D eigenvalue weighted by molar-refractivity contribution is -0.139. The normalized spacial score (nSPS) is 18.6. The molecule has 3 heterocycles. The maximum atomic E-state index is 13.1. The first-order valence-electron chi connectivity index (χ1n) is 10.6. The van der Waals surface area contributed by atoms with Gasteiger partial charge in [0.25, 0.3) is 5.91 Å². The van der Waals surface area contributed by atoms with Crippen molar-refractivity contribution in [2.75, 3.05) is 24.5 Å². The van der Waals surface area contributed by atoms with Gasteiger partial charge in [0.2, 0.25) is 0 Å². The highest BCUT2D eigenvalue weighted by Crippen LogP contribution is 2.35. The third-order valence-corrected chi connectivity index (χ3v) is 5.77. The van der Waals surface area contributed by atoms with E-state index in [0.717, 1.165) is 54.4 Å². The minimum absolute atomic E-state index is 0.0827. The lowest BCUT2D eigenvalue weighted by Gasteiger charge is -2.38. The van der Waals surface area contributed by atoms with Crippen LogP contribution in [-0.4, -0.2) is 41.7 Å². The average molecular weight is 403 g/mol. The number of nitrogens with zero attached hydrogens (tertiary/aromatic N) is 3. The number of piperidine rings is 1. The summed E-state index contributed by atoms with van der Waals surface area (Å²) in [4.78, 5) is 17.2. The molecule has 1 saturated heterocycles. The molecule has 2 aliphatic rings. The van der Waals surface area contributed by atoms with E-state index in [-0.39, 0.29) is 5.91 Å². The van der Waals surface area contributed by atoms with Crippen LogP contribution in [0.5, 0.6) is 5.75 Å². The summed E-state index contributed by atoms with van der Waals surface area (Å²) in [6.07, 6.45) is 2.83. The monoisotopic (exact) mass is 403 g/mol. The van der Waals surface area contributed by atoms with E-state index in [9.17, 15) is 4.79 Å². The van der Waals surface area contributed by atoms with Crippen LogP contribution in [0.3, 0.4) is 0 Å². The van der Waals surface area contributed by atoms with Crippen LogP contribution in [0.25, 0.3) is 11.3 Å². The molecule has 6 nitrogen and oxygen atoms in total. The topological polar surface area (TPSA) is 58.8 Å². The van der Waals surface area contributed by atoms with Crippen molar-refractivity contribution in [3.63, 3.8) is 0 Å². The van der Waals surface area contributed by atoms with Crippen LogP contribution in [0.2, 0.25) is 0 Å². The van der Waals surface area contributed by atoms with Crippen molar-refractivity contribution in [1.82, 2.24) is 10.1 Å². The number of aromatic nitrogens is 1. The van der Waals surface area contributed by atoms with E-state index in [1.165, 1.54) is 6.42 Å². The molecule has 0 spiro atoms. The fourth-order valence-electron chi connectivity index (χ4n) is 4.22. The maximum Gasteiger partial charge on any atom is 0.265 e. The molecule has 0 N–H and O–H groups in total. The molecule has 6 heteroatoms. The summed E-state index contributed by atoms with van der Waals surface area (Å²) in [5.41, 5.74) is 2.80. The van der Waals surface area contributed by atoms with Crippen LogP contribution in [-0.2, 0) is 11.3 Å². The molecule has 0 aliphatic carbocycles. The van der Waals surface area contributed by atoms with Gasteiger partial charge in [-0.2, -0.15) is 0 Å². The van der Waals surface area contributed by atoms with Crippen LogP contribution >= 0.6 is 0 Å². The zero-order valence-electron chi connectivity index (χ0n) is 16.9. The number of benzene rings is 2. The average Bonchev–Trinajstić information content (AvgIpc) is 3.28.